The maximum absolute atomic E-state index is 5.24. The smallest absolute Gasteiger partial charge is 0.160 e. The molecule has 0 fully saturated rings. The molecule has 0 spiro atoms. The highest BCUT2D eigenvalue weighted by atomic mass is 14.9. The Kier molecular flexibility index (Phi) is 8.69. The summed E-state index contributed by atoms with van der Waals surface area (Å²) in [5, 5.41) is 2.18. The summed E-state index contributed by atoms with van der Waals surface area (Å²) in [6, 6.07) is 69.9. The fraction of sp³-hybridized carbons (Fsp3) is 0.0189. The number of fused-ring (bicyclic) bond motifs is 3. The highest BCUT2D eigenvalue weighted by molar-refractivity contribution is 6.08. The third-order valence-electron chi connectivity index (χ3n) is 10.6. The zero-order valence-corrected chi connectivity index (χ0v) is 31.3. The van der Waals surface area contributed by atoms with Gasteiger partial charge in [0.25, 0.3) is 0 Å². The van der Waals surface area contributed by atoms with Gasteiger partial charge in [0.05, 0.1) is 28.1 Å². The fourth-order valence-corrected chi connectivity index (χ4v) is 7.63. The van der Waals surface area contributed by atoms with Gasteiger partial charge >= 0.3 is 0 Å². The monoisotopic (exact) mass is 728 g/mol. The lowest BCUT2D eigenvalue weighted by molar-refractivity contribution is 1.18. The van der Waals surface area contributed by atoms with Crippen molar-refractivity contribution in [2.24, 2.45) is 0 Å². The van der Waals surface area contributed by atoms with E-state index >= 15 is 0 Å². The van der Waals surface area contributed by atoms with Gasteiger partial charge in [0.1, 0.15) is 0 Å². The number of hydrogen-bond acceptors (Lipinski definition) is 4. The van der Waals surface area contributed by atoms with Crippen LogP contribution in [0.3, 0.4) is 0 Å². The van der Waals surface area contributed by atoms with Crippen molar-refractivity contribution in [2.75, 3.05) is 0 Å². The largest absolute Gasteiger partial charge is 0.251 e. The van der Waals surface area contributed by atoms with Gasteiger partial charge in [-0.25, -0.2) is 15.0 Å². The van der Waals surface area contributed by atoms with Gasteiger partial charge in [-0.3, -0.25) is 4.98 Å². The summed E-state index contributed by atoms with van der Waals surface area (Å²) in [4.78, 5) is 20.2. The topological polar surface area (TPSA) is 51.6 Å². The van der Waals surface area contributed by atoms with E-state index in [9.17, 15) is 0 Å². The lowest BCUT2D eigenvalue weighted by Gasteiger charge is -2.12. The molecule has 268 valence electrons. The Labute approximate surface area is 331 Å². The number of pyridine rings is 2. The van der Waals surface area contributed by atoms with E-state index in [2.05, 4.69) is 171 Å². The molecule has 57 heavy (non-hydrogen) atoms. The van der Waals surface area contributed by atoms with Crippen LogP contribution in [-0.4, -0.2) is 19.9 Å². The molecule has 3 heterocycles. The van der Waals surface area contributed by atoms with E-state index in [0.29, 0.717) is 5.82 Å². The zero-order chi connectivity index (χ0) is 38.1. The molecule has 0 amide bonds. The van der Waals surface area contributed by atoms with Crippen LogP contribution in [0.25, 0.3) is 100 Å². The molecule has 3 aromatic heterocycles. The molecule has 0 aliphatic carbocycles. The van der Waals surface area contributed by atoms with Gasteiger partial charge in [0, 0.05) is 38.7 Å². The van der Waals surface area contributed by atoms with Gasteiger partial charge in [-0.15, -0.1) is 0 Å². The minimum atomic E-state index is 0.703. The standard InChI is InChI=1S/C53H36N4/c1-35-32-47(39-12-5-2-6-13-39)46-30-28-42-29-31-48(55-51(42)52(46)54-35)45-19-11-18-44(33-45)38-22-20-36(21-23-38)37-24-26-43(27-25-37)53-56-49(40-14-7-3-8-15-40)34-50(57-53)41-16-9-4-10-17-41/h2-34H,1H3. The predicted molar refractivity (Wildman–Crippen MR) is 235 cm³/mol. The minimum Gasteiger partial charge on any atom is -0.251 e. The van der Waals surface area contributed by atoms with Gasteiger partial charge in [0.15, 0.2) is 5.82 Å². The summed E-state index contributed by atoms with van der Waals surface area (Å²) < 4.78 is 0. The van der Waals surface area contributed by atoms with E-state index in [1.54, 1.807) is 0 Å². The number of rotatable bonds is 7. The zero-order valence-electron chi connectivity index (χ0n) is 31.3. The molecule has 4 nitrogen and oxygen atoms in total. The van der Waals surface area contributed by atoms with Crippen LogP contribution < -0.4 is 0 Å². The number of benzene rings is 7. The molecule has 0 aliphatic heterocycles. The van der Waals surface area contributed by atoms with Crippen molar-refractivity contribution in [3.05, 3.63) is 206 Å². The van der Waals surface area contributed by atoms with Crippen LogP contribution in [0.4, 0.5) is 0 Å². The number of aryl methyl sites for hydroxylation is 1. The maximum Gasteiger partial charge on any atom is 0.160 e. The summed E-state index contributed by atoms with van der Waals surface area (Å²) in [6.07, 6.45) is 0. The van der Waals surface area contributed by atoms with Gasteiger partial charge in [-0.2, -0.15) is 0 Å². The molecule has 4 heteroatoms. The molecule has 0 aliphatic rings. The van der Waals surface area contributed by atoms with Crippen LogP contribution in [0.2, 0.25) is 0 Å². The van der Waals surface area contributed by atoms with E-state index in [-0.39, 0.29) is 0 Å². The molecule has 0 unspecified atom stereocenters. The minimum absolute atomic E-state index is 0.703. The van der Waals surface area contributed by atoms with Crippen molar-refractivity contribution < 1.29 is 0 Å². The second kappa shape index (κ2) is 14.6. The maximum atomic E-state index is 5.24. The highest BCUT2D eigenvalue weighted by Crippen LogP contribution is 2.35. The lowest BCUT2D eigenvalue weighted by Crippen LogP contribution is -1.95. The second-order valence-corrected chi connectivity index (χ2v) is 14.3. The Morgan fingerprint density at radius 1 is 0.298 bits per heavy atom. The first-order chi connectivity index (χ1) is 28.1. The third kappa shape index (κ3) is 6.75. The molecule has 0 saturated carbocycles. The van der Waals surface area contributed by atoms with Crippen molar-refractivity contribution in [1.29, 1.82) is 0 Å². The van der Waals surface area contributed by atoms with Crippen LogP contribution in [0.5, 0.6) is 0 Å². The van der Waals surface area contributed by atoms with Crippen LogP contribution in [-0.2, 0) is 0 Å². The Morgan fingerprint density at radius 3 is 1.42 bits per heavy atom. The first kappa shape index (κ1) is 34.0. The molecule has 10 rings (SSSR count). The number of nitrogens with zero attached hydrogens (tertiary/aromatic N) is 4. The quantitative estimate of drug-likeness (QED) is 0.153. The van der Waals surface area contributed by atoms with Crippen LogP contribution >= 0.6 is 0 Å². The first-order valence-electron chi connectivity index (χ1n) is 19.2. The van der Waals surface area contributed by atoms with Gasteiger partial charge in [-0.1, -0.05) is 176 Å². The first-order valence-corrected chi connectivity index (χ1v) is 19.2. The Bertz CT molecular complexity index is 2980. The molecule has 7 aromatic carbocycles. The molecule has 0 N–H and O–H groups in total. The van der Waals surface area contributed by atoms with Crippen molar-refractivity contribution in [1.82, 2.24) is 19.9 Å². The van der Waals surface area contributed by atoms with Crippen molar-refractivity contribution in [2.45, 2.75) is 6.92 Å². The van der Waals surface area contributed by atoms with E-state index < -0.39 is 0 Å². The summed E-state index contributed by atoms with van der Waals surface area (Å²) in [5.41, 5.74) is 16.6. The molecular formula is C53H36N4. The SMILES string of the molecule is Cc1cc(-c2ccccc2)c2ccc3ccc(-c4cccc(-c5ccc(-c6ccc(-c7nc(-c8ccccc8)cc(-c8ccccc8)n7)cc6)cc5)c4)nc3c2n1. The molecule has 10 aromatic rings. The van der Waals surface area contributed by atoms with Crippen LogP contribution in [0.1, 0.15) is 5.69 Å². The van der Waals surface area contributed by atoms with E-state index in [4.69, 9.17) is 19.9 Å². The van der Waals surface area contributed by atoms with E-state index in [1.807, 2.05) is 36.4 Å². The molecule has 0 bridgehead atoms. The Morgan fingerprint density at radius 2 is 0.807 bits per heavy atom. The van der Waals surface area contributed by atoms with Crippen molar-refractivity contribution in [3.63, 3.8) is 0 Å². The fourth-order valence-electron chi connectivity index (χ4n) is 7.63. The summed E-state index contributed by atoms with van der Waals surface area (Å²) in [6.45, 7) is 2.06. The van der Waals surface area contributed by atoms with Crippen LogP contribution in [0.15, 0.2) is 200 Å². The summed E-state index contributed by atoms with van der Waals surface area (Å²) in [7, 11) is 0. The van der Waals surface area contributed by atoms with E-state index in [1.165, 1.54) is 11.1 Å². The average Bonchev–Trinajstić information content (AvgIpc) is 3.29. The lowest BCUT2D eigenvalue weighted by atomic mass is 9.97. The molecular weight excluding hydrogens is 693 g/mol. The number of aromatic nitrogens is 4. The summed E-state index contributed by atoms with van der Waals surface area (Å²) in [5.74, 6) is 0.703. The van der Waals surface area contributed by atoms with Crippen molar-refractivity contribution >= 4 is 21.8 Å². The normalized spacial score (nSPS) is 11.2. The second-order valence-electron chi connectivity index (χ2n) is 14.3. The average molecular weight is 729 g/mol. The van der Waals surface area contributed by atoms with Crippen LogP contribution in [0, 0.1) is 6.92 Å². The van der Waals surface area contributed by atoms with Gasteiger partial charge in [-0.05, 0) is 64.6 Å². The number of hydrogen-bond donors (Lipinski definition) is 0. The molecule has 0 radical (unpaired) electrons. The Hall–Kier alpha value is -7.56. The molecule has 0 atom stereocenters. The van der Waals surface area contributed by atoms with Gasteiger partial charge < -0.3 is 0 Å². The third-order valence-corrected chi connectivity index (χ3v) is 10.6. The predicted octanol–water partition coefficient (Wildman–Crippen LogP) is 13.6. The van der Waals surface area contributed by atoms with Gasteiger partial charge in [0.2, 0.25) is 0 Å². The van der Waals surface area contributed by atoms with Crippen molar-refractivity contribution in [3.8, 4) is 78.5 Å². The highest BCUT2D eigenvalue weighted by Gasteiger charge is 2.14. The van der Waals surface area contributed by atoms with E-state index in [0.717, 1.165) is 89.1 Å². The molecule has 0 saturated heterocycles. The Balaban J connectivity index is 0.936. The summed E-state index contributed by atoms with van der Waals surface area (Å²) >= 11 is 0.